The number of fused-ring (bicyclic) bond motifs is 2. The van der Waals surface area contributed by atoms with Crippen molar-refractivity contribution < 1.29 is 14.3 Å². The van der Waals surface area contributed by atoms with Gasteiger partial charge in [0.15, 0.2) is 6.10 Å². The Kier molecular flexibility index (Phi) is 5.73. The highest BCUT2D eigenvalue weighted by atomic mass is 16.5. The van der Waals surface area contributed by atoms with E-state index in [2.05, 4.69) is 13.0 Å². The largest absolute Gasteiger partial charge is 0.497 e. The van der Waals surface area contributed by atoms with Gasteiger partial charge in [0.05, 0.1) is 23.9 Å². The number of ether oxygens (including phenoxy) is 2. The molecule has 1 aliphatic rings. The van der Waals surface area contributed by atoms with Crippen molar-refractivity contribution in [3.63, 3.8) is 0 Å². The van der Waals surface area contributed by atoms with Crippen LogP contribution < -0.4 is 4.74 Å². The normalized spacial score (nSPS) is 17.6. The van der Waals surface area contributed by atoms with Crippen molar-refractivity contribution in [3.05, 3.63) is 70.9 Å². The molecular weight excluding hydrogens is 388 g/mol. The predicted octanol–water partition coefficient (Wildman–Crippen LogP) is 5.44. The van der Waals surface area contributed by atoms with Crippen LogP contribution in [0.3, 0.4) is 0 Å². The molecule has 1 aromatic heterocycles. The lowest BCUT2D eigenvalue weighted by Gasteiger charge is -2.26. The third kappa shape index (κ3) is 4.15. The van der Waals surface area contributed by atoms with Gasteiger partial charge in [-0.15, -0.1) is 0 Å². The van der Waals surface area contributed by atoms with Gasteiger partial charge in [-0.3, -0.25) is 0 Å². The van der Waals surface area contributed by atoms with E-state index in [-0.39, 0.29) is 0 Å². The Morgan fingerprint density at radius 1 is 1.19 bits per heavy atom. The van der Waals surface area contributed by atoms with E-state index in [0.29, 0.717) is 11.5 Å². The van der Waals surface area contributed by atoms with Crippen LogP contribution in [0.15, 0.2) is 48.5 Å². The second kappa shape index (κ2) is 8.61. The van der Waals surface area contributed by atoms with Gasteiger partial charge in [-0.2, -0.15) is 5.26 Å². The number of benzene rings is 2. The number of nitrogens with zero attached hydrogens (tertiary/aromatic N) is 2. The number of methoxy groups -OCH3 is 1. The maximum absolute atomic E-state index is 13.1. The Hall–Kier alpha value is -3.65. The number of nitriles is 1. The zero-order valence-electron chi connectivity index (χ0n) is 17.9. The smallest absolute Gasteiger partial charge is 0.340 e. The average molecular weight is 412 g/mol. The number of hydrogen-bond donors (Lipinski definition) is 0. The Morgan fingerprint density at radius 2 is 1.94 bits per heavy atom. The monoisotopic (exact) mass is 412 g/mol. The van der Waals surface area contributed by atoms with Crippen LogP contribution in [-0.2, 0) is 11.2 Å². The summed E-state index contributed by atoms with van der Waals surface area (Å²) in [5.74, 6) is 0.682. The fourth-order valence-corrected chi connectivity index (χ4v) is 4.12. The maximum Gasteiger partial charge on any atom is 0.340 e. The van der Waals surface area contributed by atoms with E-state index >= 15 is 0 Å². The lowest BCUT2D eigenvalue weighted by molar-refractivity contribution is 0.0436. The number of allylic oxidation sites excluding steroid dienone is 1. The van der Waals surface area contributed by atoms with E-state index in [1.807, 2.05) is 54.6 Å². The fourth-order valence-electron chi connectivity index (χ4n) is 4.12. The molecule has 0 saturated heterocycles. The first kappa shape index (κ1) is 20.6. The number of esters is 1. The summed E-state index contributed by atoms with van der Waals surface area (Å²) >= 11 is 0. The van der Waals surface area contributed by atoms with E-state index < -0.39 is 12.1 Å². The van der Waals surface area contributed by atoms with Crippen LogP contribution in [0.4, 0.5) is 0 Å². The first-order chi connectivity index (χ1) is 15.0. The molecule has 0 radical (unpaired) electrons. The van der Waals surface area contributed by atoms with E-state index in [0.717, 1.165) is 51.9 Å². The molecule has 3 aromatic rings. The molecule has 0 N–H and O–H groups in total. The minimum atomic E-state index is -0.814. The topological polar surface area (TPSA) is 72.2 Å². The minimum Gasteiger partial charge on any atom is -0.497 e. The lowest BCUT2D eigenvalue weighted by Crippen LogP contribution is -2.21. The Balaban J connectivity index is 1.90. The zero-order chi connectivity index (χ0) is 22.0. The minimum absolute atomic E-state index is 0.347. The Labute approximate surface area is 181 Å². The van der Waals surface area contributed by atoms with E-state index in [1.54, 1.807) is 14.0 Å². The maximum atomic E-state index is 13.1. The number of carbonyl (C=O) groups excluding carboxylic acids is 1. The number of pyridine rings is 1. The fraction of sp³-hybridized carbons (Fsp3) is 0.269. The highest BCUT2D eigenvalue weighted by Gasteiger charge is 2.29. The van der Waals surface area contributed by atoms with Crippen LogP contribution in [-0.4, -0.2) is 24.2 Å². The van der Waals surface area contributed by atoms with Crippen molar-refractivity contribution in [2.75, 3.05) is 7.11 Å². The lowest BCUT2D eigenvalue weighted by atomic mass is 9.80. The van der Waals surface area contributed by atoms with Gasteiger partial charge in [0.1, 0.15) is 11.8 Å². The highest BCUT2D eigenvalue weighted by molar-refractivity contribution is 6.06. The molecule has 2 atom stereocenters. The molecule has 0 aliphatic heterocycles. The number of carbonyl (C=O) groups is 1. The first-order valence-corrected chi connectivity index (χ1v) is 10.4. The molecule has 0 spiro atoms. The quantitative estimate of drug-likeness (QED) is 0.534. The molecule has 5 heteroatoms. The van der Waals surface area contributed by atoms with Crippen LogP contribution in [0.1, 0.15) is 47.4 Å². The van der Waals surface area contributed by atoms with Crippen LogP contribution in [0.25, 0.3) is 22.6 Å². The summed E-state index contributed by atoms with van der Waals surface area (Å²) in [6, 6.07) is 17.4. The number of para-hydroxylation sites is 1. The van der Waals surface area contributed by atoms with Crippen LogP contribution in [0, 0.1) is 17.2 Å². The molecule has 0 saturated carbocycles. The standard InChI is InChI=1S/C26H24N2O3/c1-16-12-19(14-18-8-10-20(30-3)11-9-18)25-22(13-16)24(26(29)31-17(2)15-27)21-6-4-5-7-23(21)28-25/h4-11,14,16-17H,12-13H2,1-3H3/b19-14+/t16-,17-/m0/s1. The molecule has 5 nitrogen and oxygen atoms in total. The highest BCUT2D eigenvalue weighted by Crippen LogP contribution is 2.39. The van der Waals surface area contributed by atoms with E-state index in [4.69, 9.17) is 19.7 Å². The number of hydrogen-bond acceptors (Lipinski definition) is 5. The summed E-state index contributed by atoms with van der Waals surface area (Å²) in [7, 11) is 1.65. The summed E-state index contributed by atoms with van der Waals surface area (Å²) in [5.41, 5.74) is 5.14. The molecule has 0 amide bonds. The summed E-state index contributed by atoms with van der Waals surface area (Å²) in [6.45, 7) is 3.75. The summed E-state index contributed by atoms with van der Waals surface area (Å²) in [4.78, 5) is 18.0. The molecule has 1 heterocycles. The van der Waals surface area contributed by atoms with Crippen molar-refractivity contribution in [3.8, 4) is 11.8 Å². The van der Waals surface area contributed by atoms with Crippen LogP contribution in [0.2, 0.25) is 0 Å². The van der Waals surface area contributed by atoms with Crippen LogP contribution in [0.5, 0.6) is 5.75 Å². The van der Waals surface area contributed by atoms with Crippen molar-refractivity contribution in [2.45, 2.75) is 32.8 Å². The van der Waals surface area contributed by atoms with Crippen molar-refractivity contribution >= 4 is 28.5 Å². The molecule has 0 fully saturated rings. The summed E-state index contributed by atoms with van der Waals surface area (Å²) < 4.78 is 10.7. The van der Waals surface area contributed by atoms with Gasteiger partial charge < -0.3 is 9.47 Å². The van der Waals surface area contributed by atoms with Gasteiger partial charge in [-0.05, 0) is 66.7 Å². The van der Waals surface area contributed by atoms with Gasteiger partial charge in [-0.1, -0.05) is 37.3 Å². The zero-order valence-corrected chi connectivity index (χ0v) is 17.9. The molecule has 0 unspecified atom stereocenters. The molecule has 1 aliphatic carbocycles. The number of rotatable bonds is 4. The summed E-state index contributed by atoms with van der Waals surface area (Å²) in [5, 5.41) is 9.87. The third-order valence-corrected chi connectivity index (χ3v) is 5.54. The van der Waals surface area contributed by atoms with Gasteiger partial charge in [0, 0.05) is 5.39 Å². The van der Waals surface area contributed by atoms with Gasteiger partial charge in [0.2, 0.25) is 0 Å². The van der Waals surface area contributed by atoms with Gasteiger partial charge in [0.25, 0.3) is 0 Å². The van der Waals surface area contributed by atoms with Crippen LogP contribution >= 0.6 is 0 Å². The van der Waals surface area contributed by atoms with Crippen molar-refractivity contribution in [1.82, 2.24) is 4.98 Å². The third-order valence-electron chi connectivity index (χ3n) is 5.54. The second-order valence-corrected chi connectivity index (χ2v) is 7.96. The average Bonchev–Trinajstić information content (AvgIpc) is 2.78. The molecule has 2 aromatic carbocycles. The first-order valence-electron chi connectivity index (χ1n) is 10.4. The van der Waals surface area contributed by atoms with Gasteiger partial charge in [-0.25, -0.2) is 9.78 Å². The molecule has 4 rings (SSSR count). The number of aromatic nitrogens is 1. The Bertz CT molecular complexity index is 1210. The predicted molar refractivity (Wildman–Crippen MR) is 121 cm³/mol. The van der Waals surface area contributed by atoms with E-state index in [1.165, 1.54) is 0 Å². The molecule has 156 valence electrons. The van der Waals surface area contributed by atoms with E-state index in [9.17, 15) is 4.79 Å². The molecule has 0 bridgehead atoms. The van der Waals surface area contributed by atoms with Crippen molar-refractivity contribution in [1.29, 1.82) is 5.26 Å². The SMILES string of the molecule is COc1ccc(/C=C2\C[C@H](C)Cc3c2nc2ccccc2c3C(=O)O[C@@H](C)C#N)cc1. The van der Waals surface area contributed by atoms with Gasteiger partial charge >= 0.3 is 5.97 Å². The molecule has 31 heavy (non-hydrogen) atoms. The molecular formula is C26H24N2O3. The van der Waals surface area contributed by atoms with Crippen molar-refractivity contribution in [2.24, 2.45) is 5.92 Å². The Morgan fingerprint density at radius 3 is 2.65 bits per heavy atom. The summed E-state index contributed by atoms with van der Waals surface area (Å²) in [6.07, 6.45) is 2.92. The second-order valence-electron chi connectivity index (χ2n) is 7.96.